The first-order valence-corrected chi connectivity index (χ1v) is 13.6. The monoisotopic (exact) mass is 506 g/mol. The predicted molar refractivity (Wildman–Crippen MR) is 169 cm³/mol. The maximum Gasteiger partial charge on any atom is 0.0702 e. The molecule has 0 amide bonds. The minimum absolute atomic E-state index is 0.970. The molecule has 2 heterocycles. The first kappa shape index (κ1) is 21.6. The minimum Gasteiger partial charge on any atom is -0.265 e. The Bertz CT molecular complexity index is 2400. The summed E-state index contributed by atoms with van der Waals surface area (Å²) in [5, 5.41) is 15.5. The predicted octanol–water partition coefficient (Wildman–Crippen LogP) is 10.2. The molecule has 7 aromatic carbocycles. The van der Waals surface area contributed by atoms with Crippen LogP contribution in [-0.4, -0.2) is 9.97 Å². The van der Waals surface area contributed by atoms with Gasteiger partial charge in [-0.3, -0.25) is 9.97 Å². The van der Waals surface area contributed by atoms with Crippen LogP contribution in [-0.2, 0) is 0 Å². The van der Waals surface area contributed by atoms with Gasteiger partial charge in [-0.1, -0.05) is 84.9 Å². The lowest BCUT2D eigenvalue weighted by Gasteiger charge is -2.17. The second-order valence-corrected chi connectivity index (χ2v) is 10.6. The van der Waals surface area contributed by atoms with E-state index in [2.05, 4.69) is 108 Å². The number of hydrogen-bond acceptors (Lipinski definition) is 2. The van der Waals surface area contributed by atoms with Crippen molar-refractivity contribution in [2.24, 2.45) is 0 Å². The Kier molecular flexibility index (Phi) is 4.36. The number of hydrogen-bond donors (Lipinski definition) is 0. The summed E-state index contributed by atoms with van der Waals surface area (Å²) in [4.78, 5) is 9.08. The van der Waals surface area contributed by atoms with Crippen molar-refractivity contribution in [3.05, 3.63) is 134 Å². The Labute approximate surface area is 230 Å². The highest BCUT2D eigenvalue weighted by atomic mass is 14.7. The van der Waals surface area contributed by atoms with Gasteiger partial charge in [-0.25, -0.2) is 0 Å². The number of benzene rings is 6. The van der Waals surface area contributed by atoms with Gasteiger partial charge in [-0.05, 0) is 101 Å². The SMILES string of the molecule is c1cc2ccc3cccc4c5cc(-c6ccc(-c7ccncc7)cn6)cc6ccc7cccc(c(c1)c2c34)c7c65. The second-order valence-electron chi connectivity index (χ2n) is 10.6. The summed E-state index contributed by atoms with van der Waals surface area (Å²) in [7, 11) is 0. The maximum atomic E-state index is 4.93. The summed E-state index contributed by atoms with van der Waals surface area (Å²) in [5.41, 5.74) is 4.30. The fourth-order valence-corrected chi connectivity index (χ4v) is 6.71. The van der Waals surface area contributed by atoms with E-state index < -0.39 is 0 Å². The van der Waals surface area contributed by atoms with Crippen molar-refractivity contribution in [1.82, 2.24) is 9.97 Å². The van der Waals surface area contributed by atoms with Gasteiger partial charge in [0.05, 0.1) is 5.69 Å². The van der Waals surface area contributed by atoms with Gasteiger partial charge in [-0.15, -0.1) is 0 Å². The Hall–Kier alpha value is -5.34. The van der Waals surface area contributed by atoms with Crippen LogP contribution in [0.2, 0.25) is 0 Å². The highest BCUT2D eigenvalue weighted by Gasteiger charge is 2.16. The fourth-order valence-electron chi connectivity index (χ4n) is 6.71. The molecule has 0 unspecified atom stereocenters. The van der Waals surface area contributed by atoms with Gasteiger partial charge in [-0.2, -0.15) is 0 Å². The van der Waals surface area contributed by atoms with E-state index in [1.807, 2.05) is 30.7 Å². The van der Waals surface area contributed by atoms with E-state index >= 15 is 0 Å². The minimum atomic E-state index is 0.970. The molecule has 2 nitrogen and oxygen atoms in total. The summed E-state index contributed by atoms with van der Waals surface area (Å²) >= 11 is 0. The maximum absolute atomic E-state index is 4.93. The molecule has 0 radical (unpaired) electrons. The molecule has 2 aromatic heterocycles. The number of fused-ring (bicyclic) bond motifs is 2. The molecule has 40 heavy (non-hydrogen) atoms. The Morgan fingerprint density at radius 3 is 1.50 bits per heavy atom. The molecule has 0 saturated carbocycles. The number of nitrogens with zero attached hydrogens (tertiary/aromatic N) is 2. The van der Waals surface area contributed by atoms with Crippen LogP contribution in [0.15, 0.2) is 134 Å². The van der Waals surface area contributed by atoms with E-state index in [1.165, 1.54) is 64.6 Å². The molecule has 2 heteroatoms. The summed E-state index contributed by atoms with van der Waals surface area (Å²) in [6.45, 7) is 0. The third kappa shape index (κ3) is 2.99. The molecule has 184 valence electrons. The molecule has 9 aromatic rings. The highest BCUT2D eigenvalue weighted by Crippen LogP contribution is 2.44. The van der Waals surface area contributed by atoms with Gasteiger partial charge in [0.25, 0.3) is 0 Å². The molecule has 0 aliphatic rings. The van der Waals surface area contributed by atoms with Gasteiger partial charge < -0.3 is 0 Å². The quantitative estimate of drug-likeness (QED) is 0.218. The van der Waals surface area contributed by atoms with Crippen molar-refractivity contribution < 1.29 is 0 Å². The van der Waals surface area contributed by atoms with Crippen LogP contribution in [0.5, 0.6) is 0 Å². The first-order chi connectivity index (χ1) is 19.8. The summed E-state index contributed by atoms with van der Waals surface area (Å²) in [5.74, 6) is 0. The number of rotatable bonds is 2. The van der Waals surface area contributed by atoms with Gasteiger partial charge in [0.2, 0.25) is 0 Å². The summed E-state index contributed by atoms with van der Waals surface area (Å²) in [6.07, 6.45) is 5.61. The Balaban J connectivity index is 1.46. The topological polar surface area (TPSA) is 25.8 Å². The zero-order valence-corrected chi connectivity index (χ0v) is 21.6. The van der Waals surface area contributed by atoms with Gasteiger partial charge in [0.15, 0.2) is 0 Å². The van der Waals surface area contributed by atoms with E-state index in [1.54, 1.807) is 0 Å². The van der Waals surface area contributed by atoms with Crippen molar-refractivity contribution in [1.29, 1.82) is 0 Å². The molecule has 0 N–H and O–H groups in total. The van der Waals surface area contributed by atoms with E-state index in [0.29, 0.717) is 0 Å². The molecule has 0 spiro atoms. The van der Waals surface area contributed by atoms with Crippen molar-refractivity contribution in [3.63, 3.8) is 0 Å². The van der Waals surface area contributed by atoms with E-state index in [9.17, 15) is 0 Å². The van der Waals surface area contributed by atoms with Gasteiger partial charge in [0.1, 0.15) is 0 Å². The molecule has 0 fully saturated rings. The zero-order chi connectivity index (χ0) is 26.2. The molecule has 0 atom stereocenters. The third-order valence-electron chi connectivity index (χ3n) is 8.50. The molecule has 0 saturated heterocycles. The van der Waals surface area contributed by atoms with Crippen LogP contribution < -0.4 is 0 Å². The normalized spacial score (nSPS) is 12.0. The van der Waals surface area contributed by atoms with Crippen LogP contribution >= 0.6 is 0 Å². The molecular weight excluding hydrogens is 484 g/mol. The van der Waals surface area contributed by atoms with Crippen LogP contribution in [0, 0.1) is 0 Å². The molecule has 0 bridgehead atoms. The summed E-state index contributed by atoms with van der Waals surface area (Å²) in [6, 6.07) is 42.2. The van der Waals surface area contributed by atoms with Crippen molar-refractivity contribution in [3.8, 4) is 22.4 Å². The first-order valence-electron chi connectivity index (χ1n) is 13.6. The van der Waals surface area contributed by atoms with E-state index in [4.69, 9.17) is 4.98 Å². The second kappa shape index (κ2) is 8.08. The zero-order valence-electron chi connectivity index (χ0n) is 21.6. The summed E-state index contributed by atoms with van der Waals surface area (Å²) < 4.78 is 0. The molecule has 0 aliphatic heterocycles. The molecular formula is C38H22N2. The van der Waals surface area contributed by atoms with Crippen LogP contribution in [0.25, 0.3) is 87.0 Å². The van der Waals surface area contributed by atoms with Crippen LogP contribution in [0.1, 0.15) is 0 Å². The van der Waals surface area contributed by atoms with E-state index in [-0.39, 0.29) is 0 Å². The highest BCUT2D eigenvalue weighted by molar-refractivity contribution is 6.37. The van der Waals surface area contributed by atoms with Crippen molar-refractivity contribution in [2.75, 3.05) is 0 Å². The van der Waals surface area contributed by atoms with Gasteiger partial charge in [0, 0.05) is 29.7 Å². The average molecular weight is 507 g/mol. The van der Waals surface area contributed by atoms with Crippen molar-refractivity contribution >= 4 is 64.6 Å². The smallest absolute Gasteiger partial charge is 0.0702 e. The van der Waals surface area contributed by atoms with Crippen LogP contribution in [0.4, 0.5) is 0 Å². The lowest BCUT2D eigenvalue weighted by molar-refractivity contribution is 1.30. The lowest BCUT2D eigenvalue weighted by atomic mass is 9.87. The lowest BCUT2D eigenvalue weighted by Crippen LogP contribution is -1.90. The standard InChI is InChI=1S/C38H22N2/c1-4-24-10-11-25-6-3-9-32-33-21-29(34-15-14-28(22-40-34)23-16-18-39-19-17-23)20-27-13-12-26-5-2-8-31(36(26)38(27)33)30(7-1)35(24)37(25)32/h1-22H. The largest absolute Gasteiger partial charge is 0.265 e. The Morgan fingerprint density at radius 2 is 0.925 bits per heavy atom. The van der Waals surface area contributed by atoms with Gasteiger partial charge >= 0.3 is 0 Å². The van der Waals surface area contributed by atoms with E-state index in [0.717, 1.165) is 22.4 Å². The third-order valence-corrected chi connectivity index (χ3v) is 8.50. The molecule has 0 aliphatic carbocycles. The fraction of sp³-hybridized carbons (Fsp3) is 0. The Morgan fingerprint density at radius 1 is 0.375 bits per heavy atom. The number of aromatic nitrogens is 2. The van der Waals surface area contributed by atoms with Crippen LogP contribution in [0.3, 0.4) is 0 Å². The van der Waals surface area contributed by atoms with Crippen molar-refractivity contribution in [2.45, 2.75) is 0 Å². The number of pyridine rings is 2. The molecule has 9 rings (SSSR count). The average Bonchev–Trinajstić information content (AvgIpc) is 3.03.